The van der Waals surface area contributed by atoms with Gasteiger partial charge < -0.3 is 5.73 Å². The first-order valence-electron chi connectivity index (χ1n) is 13.8. The molecule has 1 aliphatic heterocycles. The van der Waals surface area contributed by atoms with Crippen molar-refractivity contribution in [1.29, 1.82) is 0 Å². The lowest BCUT2D eigenvalue weighted by molar-refractivity contribution is -0.789. The third-order valence-corrected chi connectivity index (χ3v) is 8.77. The minimum absolute atomic E-state index is 0.511. The van der Waals surface area contributed by atoms with Crippen LogP contribution >= 0.6 is 11.6 Å². The number of nitrogen functional groups attached to an aromatic ring is 1. The SMILES string of the molecule is Nc1c2c([nH+]c3cc(Cl)ccc13)CC1C=C(CCCC[n+]3cc(C[NH+]4C=Cc5ccccc54)n[nH]3)CC2C1. The number of para-hydroxylation sites is 1. The Labute approximate surface area is 227 Å². The Morgan fingerprint density at radius 1 is 1.16 bits per heavy atom. The molecule has 2 bridgehead atoms. The summed E-state index contributed by atoms with van der Waals surface area (Å²) >= 11 is 6.24. The second kappa shape index (κ2) is 9.68. The lowest BCUT2D eigenvalue weighted by Gasteiger charge is -2.34. The number of quaternary nitrogens is 1. The standard InChI is InChI=1S/C31H31ClN6/c32-24-8-9-26-27(17-24)34-28-16-21-13-20(14-23(15-21)30(28)31(26)33)5-3-4-11-38-19-25(35-36-38)18-37-12-10-22-6-1-2-7-29(22)37/h1-2,6-10,12-13,17,19,21,23H,3-5,11,14-16,18H2,(H2,33,34)/p+3. The highest BCUT2D eigenvalue weighted by Crippen LogP contribution is 2.46. The monoisotopic (exact) mass is 525 g/mol. The van der Waals surface area contributed by atoms with Crippen molar-refractivity contribution in [2.75, 3.05) is 5.73 Å². The molecular weight excluding hydrogens is 492 g/mol. The molecule has 0 spiro atoms. The number of H-pyrrole nitrogens is 2. The number of hydrogen-bond acceptors (Lipinski definition) is 2. The second-order valence-electron chi connectivity index (χ2n) is 11.2. The molecule has 2 aromatic heterocycles. The quantitative estimate of drug-likeness (QED) is 0.189. The molecule has 3 atom stereocenters. The van der Waals surface area contributed by atoms with Crippen LogP contribution in [0.15, 0.2) is 66.5 Å². The number of nitrogens with zero attached hydrogens (tertiary/aromatic N) is 2. The van der Waals surface area contributed by atoms with Crippen molar-refractivity contribution in [3.63, 3.8) is 0 Å². The number of nitrogens with two attached hydrogens (primary N) is 1. The van der Waals surface area contributed by atoms with Gasteiger partial charge in [-0.15, -0.1) is 0 Å². The Morgan fingerprint density at radius 2 is 2.08 bits per heavy atom. The van der Waals surface area contributed by atoms with E-state index in [4.69, 9.17) is 17.3 Å². The molecule has 2 aliphatic carbocycles. The van der Waals surface area contributed by atoms with Crippen LogP contribution in [-0.4, -0.2) is 10.3 Å². The maximum Gasteiger partial charge on any atom is 0.273 e. The number of unbranched alkanes of at least 4 members (excludes halogenated alkanes) is 1. The molecule has 7 rings (SSSR count). The molecule has 0 radical (unpaired) electrons. The van der Waals surface area contributed by atoms with Gasteiger partial charge in [0.2, 0.25) is 5.52 Å². The number of benzene rings is 2. The Balaban J connectivity index is 0.950. The van der Waals surface area contributed by atoms with Gasteiger partial charge in [-0.3, -0.25) is 4.90 Å². The van der Waals surface area contributed by atoms with Gasteiger partial charge in [0.25, 0.3) is 5.69 Å². The number of nitrogens with one attached hydrogen (secondary N) is 3. The van der Waals surface area contributed by atoms with Crippen molar-refractivity contribution in [2.24, 2.45) is 5.92 Å². The van der Waals surface area contributed by atoms with Crippen molar-refractivity contribution in [2.45, 2.75) is 57.5 Å². The van der Waals surface area contributed by atoms with Gasteiger partial charge in [0.15, 0.2) is 18.4 Å². The Bertz CT molecular complexity index is 1580. The molecule has 4 aromatic rings. The van der Waals surface area contributed by atoms with Gasteiger partial charge in [0, 0.05) is 45.9 Å². The van der Waals surface area contributed by atoms with Gasteiger partial charge in [0.1, 0.15) is 18.4 Å². The van der Waals surface area contributed by atoms with Gasteiger partial charge in [-0.25, -0.2) is 4.98 Å². The first-order valence-corrected chi connectivity index (χ1v) is 14.2. The van der Waals surface area contributed by atoms with Crippen molar-refractivity contribution in [3.8, 4) is 0 Å². The molecule has 7 heteroatoms. The Hall–Kier alpha value is -3.48. The van der Waals surface area contributed by atoms with E-state index in [1.807, 2.05) is 12.1 Å². The van der Waals surface area contributed by atoms with Crippen molar-refractivity contribution in [1.82, 2.24) is 10.3 Å². The fraction of sp³-hybridized carbons (Fsp3) is 0.323. The average Bonchev–Trinajstić information content (AvgIpc) is 3.53. The first-order chi connectivity index (χ1) is 18.6. The van der Waals surface area contributed by atoms with Gasteiger partial charge in [-0.1, -0.05) is 40.6 Å². The summed E-state index contributed by atoms with van der Waals surface area (Å²) < 4.78 is 2.13. The lowest BCUT2D eigenvalue weighted by atomic mass is 9.70. The fourth-order valence-electron chi connectivity index (χ4n) is 6.83. The minimum atomic E-state index is 0.511. The summed E-state index contributed by atoms with van der Waals surface area (Å²) in [5, 5.41) is 9.59. The predicted molar refractivity (Wildman–Crippen MR) is 150 cm³/mol. The van der Waals surface area contributed by atoms with Crippen LogP contribution < -0.4 is 20.3 Å². The second-order valence-corrected chi connectivity index (χ2v) is 11.6. The van der Waals surface area contributed by atoms with Gasteiger partial charge in [0.05, 0.1) is 11.1 Å². The Kier molecular flexibility index (Phi) is 6.02. The van der Waals surface area contributed by atoms with Crippen LogP contribution in [0.5, 0.6) is 0 Å². The highest BCUT2D eigenvalue weighted by molar-refractivity contribution is 6.31. The molecule has 5 N–H and O–H groups in total. The minimum Gasteiger partial charge on any atom is -0.398 e. The summed E-state index contributed by atoms with van der Waals surface area (Å²) in [5.74, 6) is 1.11. The molecule has 2 aromatic carbocycles. The lowest BCUT2D eigenvalue weighted by Crippen LogP contribution is -3.00. The third kappa shape index (κ3) is 4.42. The number of rotatable bonds is 7. The van der Waals surface area contributed by atoms with Crippen LogP contribution in [0, 0.1) is 5.92 Å². The summed E-state index contributed by atoms with van der Waals surface area (Å²) in [6, 6.07) is 14.5. The van der Waals surface area contributed by atoms with Crippen LogP contribution in [0.3, 0.4) is 0 Å². The fourth-order valence-corrected chi connectivity index (χ4v) is 7.00. The van der Waals surface area contributed by atoms with Crippen LogP contribution in [0.1, 0.15) is 60.5 Å². The van der Waals surface area contributed by atoms with Crippen molar-refractivity contribution in [3.05, 3.63) is 94.0 Å². The van der Waals surface area contributed by atoms with E-state index in [9.17, 15) is 0 Å². The van der Waals surface area contributed by atoms with Crippen LogP contribution in [0.4, 0.5) is 11.4 Å². The van der Waals surface area contributed by atoms with E-state index >= 15 is 0 Å². The number of allylic oxidation sites excluding steroid dienone is 2. The maximum absolute atomic E-state index is 6.73. The summed E-state index contributed by atoms with van der Waals surface area (Å²) in [6.45, 7) is 1.82. The summed E-state index contributed by atoms with van der Waals surface area (Å²) in [6.07, 6.45) is 16.0. The molecule has 3 aliphatic rings. The molecule has 0 saturated carbocycles. The zero-order valence-electron chi connectivity index (χ0n) is 21.5. The molecule has 0 saturated heterocycles. The van der Waals surface area contributed by atoms with E-state index < -0.39 is 0 Å². The van der Waals surface area contributed by atoms with Crippen LogP contribution in [0.25, 0.3) is 17.0 Å². The van der Waals surface area contributed by atoms with E-state index in [0.717, 1.165) is 66.1 Å². The molecule has 38 heavy (non-hydrogen) atoms. The van der Waals surface area contributed by atoms with E-state index in [1.165, 1.54) is 40.2 Å². The number of aryl methyl sites for hydroxylation is 1. The highest BCUT2D eigenvalue weighted by atomic mass is 35.5. The topological polar surface area (TPSA) is 77.2 Å². The Morgan fingerprint density at radius 3 is 3.03 bits per heavy atom. The van der Waals surface area contributed by atoms with Crippen molar-refractivity contribution < 1.29 is 14.6 Å². The zero-order chi connectivity index (χ0) is 25.6. The molecule has 0 amide bonds. The average molecular weight is 526 g/mol. The van der Waals surface area contributed by atoms with Gasteiger partial charge in [-0.2, -0.15) is 4.68 Å². The largest absolute Gasteiger partial charge is 0.398 e. The number of halogens is 1. The number of aromatic amines is 2. The smallest absolute Gasteiger partial charge is 0.273 e. The van der Waals surface area contributed by atoms with Gasteiger partial charge >= 0.3 is 0 Å². The first kappa shape index (κ1) is 23.6. The molecule has 3 heterocycles. The summed E-state index contributed by atoms with van der Waals surface area (Å²) in [7, 11) is 0. The third-order valence-electron chi connectivity index (χ3n) is 8.53. The molecule has 3 unspecified atom stereocenters. The summed E-state index contributed by atoms with van der Waals surface area (Å²) in [5.41, 5.74) is 16.7. The normalized spacial score (nSPS) is 21.4. The van der Waals surface area contributed by atoms with E-state index in [0.29, 0.717) is 11.8 Å². The van der Waals surface area contributed by atoms with E-state index in [1.54, 1.807) is 5.57 Å². The maximum atomic E-state index is 6.73. The van der Waals surface area contributed by atoms with Crippen molar-refractivity contribution >= 4 is 40.0 Å². The number of hydrogen-bond donors (Lipinski definition) is 3. The number of aromatic nitrogens is 4. The number of fused-ring (bicyclic) bond motifs is 6. The van der Waals surface area contributed by atoms with Crippen LogP contribution in [-0.2, 0) is 19.5 Å². The number of pyridine rings is 1. The molecule has 192 valence electrons. The highest BCUT2D eigenvalue weighted by Gasteiger charge is 2.36. The van der Waals surface area contributed by atoms with Crippen LogP contribution in [0.2, 0.25) is 5.02 Å². The van der Waals surface area contributed by atoms with E-state index in [-0.39, 0.29) is 0 Å². The molecule has 6 nitrogen and oxygen atoms in total. The number of anilines is 1. The van der Waals surface area contributed by atoms with E-state index in [2.05, 4.69) is 74.9 Å². The molecular formula is C31H34ClN6+3. The predicted octanol–water partition coefficient (Wildman–Crippen LogP) is 4.45. The zero-order valence-corrected chi connectivity index (χ0v) is 22.3. The molecule has 0 fully saturated rings. The summed E-state index contributed by atoms with van der Waals surface area (Å²) in [4.78, 5) is 5.00. The van der Waals surface area contributed by atoms with Gasteiger partial charge in [-0.05, 0) is 62.1 Å².